The first-order valence-electron chi connectivity index (χ1n) is 7.88. The Morgan fingerprint density at radius 3 is 2.55 bits per heavy atom. The zero-order valence-electron chi connectivity index (χ0n) is 13.0. The monoisotopic (exact) mass is 285 g/mol. The van der Waals surface area contributed by atoms with Gasteiger partial charge in [0.15, 0.2) is 0 Å². The van der Waals surface area contributed by atoms with Crippen molar-refractivity contribution in [2.45, 2.75) is 33.6 Å². The maximum absolute atomic E-state index is 3.70. The fourth-order valence-corrected chi connectivity index (χ4v) is 6.47. The molecule has 20 heavy (non-hydrogen) atoms. The summed E-state index contributed by atoms with van der Waals surface area (Å²) in [5.41, 5.74) is 1.51. The van der Waals surface area contributed by atoms with Gasteiger partial charge in [0.1, 0.15) is 8.80 Å². The highest BCUT2D eigenvalue weighted by Crippen LogP contribution is 2.26. The van der Waals surface area contributed by atoms with E-state index in [0.717, 1.165) is 6.54 Å². The molecule has 1 aliphatic rings. The van der Waals surface area contributed by atoms with Crippen molar-refractivity contribution in [1.29, 1.82) is 0 Å². The maximum Gasteiger partial charge on any atom is 0.112 e. The number of benzene rings is 1. The van der Waals surface area contributed by atoms with Crippen LogP contribution in [0.3, 0.4) is 0 Å². The molecule has 0 fully saturated rings. The molecule has 1 aliphatic carbocycles. The Bertz CT molecular complexity index is 475. The van der Waals surface area contributed by atoms with Gasteiger partial charge in [0.25, 0.3) is 0 Å². The van der Waals surface area contributed by atoms with E-state index in [2.05, 4.69) is 68.6 Å². The first kappa shape index (κ1) is 15.3. The van der Waals surface area contributed by atoms with Gasteiger partial charge in [0.2, 0.25) is 0 Å². The van der Waals surface area contributed by atoms with E-state index in [1.165, 1.54) is 24.6 Å². The fourth-order valence-electron chi connectivity index (χ4n) is 3.08. The summed E-state index contributed by atoms with van der Waals surface area (Å²) in [6.45, 7) is 8.03. The van der Waals surface area contributed by atoms with Crippen molar-refractivity contribution >= 4 is 14.0 Å². The molecule has 1 N–H and O–H groups in total. The number of rotatable bonds is 7. The third-order valence-electron chi connectivity index (χ3n) is 4.21. The zero-order valence-corrected chi connectivity index (χ0v) is 14.2. The lowest BCUT2D eigenvalue weighted by Gasteiger charge is -2.23. The Labute approximate surface area is 125 Å². The molecule has 0 radical (unpaired) electrons. The van der Waals surface area contributed by atoms with Crippen LogP contribution in [0, 0.1) is 5.92 Å². The lowest BCUT2D eigenvalue weighted by molar-refractivity contribution is 0.693. The standard InChI is InChI=1S/C18H27NSi/c1-4-5-13-19-14-20(17-9-7-6-8-10-17)18-15(2)11-12-16(18)3/h6-12,15,19-20H,4-5,13-14H2,1-3H3. The molecule has 0 bridgehead atoms. The molecule has 0 spiro atoms. The predicted octanol–water partition coefficient (Wildman–Crippen LogP) is 3.11. The van der Waals surface area contributed by atoms with Gasteiger partial charge < -0.3 is 5.32 Å². The van der Waals surface area contributed by atoms with E-state index >= 15 is 0 Å². The van der Waals surface area contributed by atoms with Crippen LogP contribution in [0.4, 0.5) is 0 Å². The molecule has 0 aromatic heterocycles. The molecule has 1 aromatic carbocycles. The van der Waals surface area contributed by atoms with Gasteiger partial charge in [-0.3, -0.25) is 0 Å². The highest BCUT2D eigenvalue weighted by atomic mass is 28.3. The summed E-state index contributed by atoms with van der Waals surface area (Å²) in [7, 11) is -1.10. The first-order valence-corrected chi connectivity index (χ1v) is 9.85. The molecule has 1 nitrogen and oxygen atoms in total. The second kappa shape index (κ2) is 7.60. The van der Waals surface area contributed by atoms with Gasteiger partial charge in [-0.25, -0.2) is 0 Å². The highest BCUT2D eigenvalue weighted by molar-refractivity contribution is 6.80. The van der Waals surface area contributed by atoms with Crippen molar-refractivity contribution in [2.24, 2.45) is 5.92 Å². The van der Waals surface area contributed by atoms with E-state index in [9.17, 15) is 0 Å². The van der Waals surface area contributed by atoms with Crippen molar-refractivity contribution in [3.05, 3.63) is 53.3 Å². The molecule has 2 unspecified atom stereocenters. The van der Waals surface area contributed by atoms with Crippen LogP contribution in [0.2, 0.25) is 0 Å². The van der Waals surface area contributed by atoms with E-state index in [0.29, 0.717) is 5.92 Å². The van der Waals surface area contributed by atoms with E-state index in [1.54, 1.807) is 10.4 Å². The smallest absolute Gasteiger partial charge is 0.112 e. The van der Waals surface area contributed by atoms with Gasteiger partial charge in [-0.15, -0.1) is 0 Å². The number of hydrogen-bond donors (Lipinski definition) is 1. The van der Waals surface area contributed by atoms with Gasteiger partial charge in [0, 0.05) is 0 Å². The minimum absolute atomic E-state index is 0.625. The molecular formula is C18H27NSi. The molecular weight excluding hydrogens is 258 g/mol. The van der Waals surface area contributed by atoms with E-state index in [1.807, 2.05) is 0 Å². The topological polar surface area (TPSA) is 12.0 Å². The Morgan fingerprint density at radius 2 is 1.95 bits per heavy atom. The Morgan fingerprint density at radius 1 is 1.20 bits per heavy atom. The Hall–Kier alpha value is -1.12. The molecule has 108 valence electrons. The number of unbranched alkanes of at least 4 members (excludes halogenated alkanes) is 1. The van der Waals surface area contributed by atoms with Crippen LogP contribution >= 0.6 is 0 Å². The summed E-state index contributed by atoms with van der Waals surface area (Å²) in [6.07, 6.45) is 8.41. The number of nitrogens with one attached hydrogen (secondary N) is 1. The van der Waals surface area contributed by atoms with Gasteiger partial charge in [-0.05, 0) is 32.0 Å². The largest absolute Gasteiger partial charge is 0.319 e. The lowest BCUT2D eigenvalue weighted by atomic mass is 10.2. The van der Waals surface area contributed by atoms with Gasteiger partial charge in [-0.1, -0.05) is 78.7 Å². The van der Waals surface area contributed by atoms with Crippen molar-refractivity contribution in [3.8, 4) is 0 Å². The van der Waals surface area contributed by atoms with E-state index in [-0.39, 0.29) is 0 Å². The molecule has 0 saturated carbocycles. The molecule has 0 aliphatic heterocycles. The van der Waals surface area contributed by atoms with Gasteiger partial charge in [-0.2, -0.15) is 0 Å². The van der Waals surface area contributed by atoms with Crippen LogP contribution in [-0.2, 0) is 0 Å². The lowest BCUT2D eigenvalue weighted by Crippen LogP contribution is -2.44. The quantitative estimate of drug-likeness (QED) is 0.599. The Balaban J connectivity index is 2.15. The molecule has 1 aromatic rings. The summed E-state index contributed by atoms with van der Waals surface area (Å²) in [5, 5.41) is 7.00. The second-order valence-corrected chi connectivity index (χ2v) is 8.61. The van der Waals surface area contributed by atoms with Gasteiger partial charge >= 0.3 is 0 Å². The third kappa shape index (κ3) is 3.71. The average molecular weight is 286 g/mol. The summed E-state index contributed by atoms with van der Waals surface area (Å²) >= 11 is 0. The van der Waals surface area contributed by atoms with Crippen LogP contribution in [0.5, 0.6) is 0 Å². The average Bonchev–Trinajstić information content (AvgIpc) is 2.80. The summed E-state index contributed by atoms with van der Waals surface area (Å²) < 4.78 is 0. The van der Waals surface area contributed by atoms with Crippen LogP contribution < -0.4 is 10.5 Å². The molecule has 2 atom stereocenters. The van der Waals surface area contributed by atoms with Crippen LogP contribution in [0.25, 0.3) is 0 Å². The van der Waals surface area contributed by atoms with Crippen molar-refractivity contribution in [1.82, 2.24) is 5.32 Å². The van der Waals surface area contributed by atoms with Gasteiger partial charge in [0.05, 0.1) is 0 Å². The molecule has 0 saturated heterocycles. The fraction of sp³-hybridized carbons (Fsp3) is 0.444. The second-order valence-electron chi connectivity index (χ2n) is 5.81. The molecule has 2 rings (SSSR count). The van der Waals surface area contributed by atoms with Crippen molar-refractivity contribution in [3.63, 3.8) is 0 Å². The van der Waals surface area contributed by atoms with Crippen molar-refractivity contribution < 1.29 is 0 Å². The molecule has 0 heterocycles. The molecule has 2 heteroatoms. The summed E-state index contributed by atoms with van der Waals surface area (Å²) in [4.78, 5) is 0. The summed E-state index contributed by atoms with van der Waals surface area (Å²) in [6, 6.07) is 11.1. The predicted molar refractivity (Wildman–Crippen MR) is 92.0 cm³/mol. The van der Waals surface area contributed by atoms with Crippen LogP contribution in [0.1, 0.15) is 33.6 Å². The third-order valence-corrected chi connectivity index (χ3v) is 7.83. The van der Waals surface area contributed by atoms with Crippen LogP contribution in [-0.4, -0.2) is 21.5 Å². The normalized spacial score (nSPS) is 19.6. The van der Waals surface area contributed by atoms with E-state index in [4.69, 9.17) is 0 Å². The zero-order chi connectivity index (χ0) is 14.4. The minimum atomic E-state index is -1.10. The Kier molecular flexibility index (Phi) is 5.81. The van der Waals surface area contributed by atoms with Crippen LogP contribution in [0.15, 0.2) is 53.3 Å². The SMILES string of the molecule is CCCCNC[SiH](C1=C(C)C=CC1C)c1ccccc1. The van der Waals surface area contributed by atoms with E-state index < -0.39 is 8.80 Å². The first-order chi connectivity index (χ1) is 9.74. The minimum Gasteiger partial charge on any atom is -0.319 e. The number of allylic oxidation sites excluding steroid dienone is 4. The summed E-state index contributed by atoms with van der Waals surface area (Å²) in [5.74, 6) is 0.625. The maximum atomic E-state index is 3.70. The molecule has 0 amide bonds. The number of hydrogen-bond acceptors (Lipinski definition) is 1. The highest BCUT2D eigenvalue weighted by Gasteiger charge is 2.25. The van der Waals surface area contributed by atoms with Crippen molar-refractivity contribution in [2.75, 3.05) is 12.7 Å².